The first kappa shape index (κ1) is 19.0. The van der Waals surface area contributed by atoms with Gasteiger partial charge >= 0.3 is 11.9 Å². The molecule has 0 aliphatic carbocycles. The minimum atomic E-state index is -1.75. The highest BCUT2D eigenvalue weighted by molar-refractivity contribution is 7.87. The molecule has 2 saturated heterocycles. The second kappa shape index (κ2) is 6.45. The Morgan fingerprint density at radius 3 is 2.30 bits per heavy atom. The van der Waals surface area contributed by atoms with Crippen molar-refractivity contribution in [2.75, 3.05) is 0 Å². The average Bonchev–Trinajstić information content (AvgIpc) is 2.78. The molecule has 27 heavy (non-hydrogen) atoms. The number of amides is 2. The third kappa shape index (κ3) is 2.80. The Labute approximate surface area is 156 Å². The molecule has 1 aromatic carbocycles. The van der Waals surface area contributed by atoms with E-state index in [-0.39, 0.29) is 5.56 Å². The highest BCUT2D eigenvalue weighted by Crippen LogP contribution is 2.43. The van der Waals surface area contributed by atoms with Crippen molar-refractivity contribution in [1.82, 2.24) is 10.2 Å². The normalized spacial score (nSPS) is 29.4. The minimum absolute atomic E-state index is 0.238. The van der Waals surface area contributed by atoms with E-state index >= 15 is 0 Å². The summed E-state index contributed by atoms with van der Waals surface area (Å²) < 4.78 is 11.5. The molecule has 0 radical (unpaired) electrons. The number of aliphatic carboxylic acids is 2. The Morgan fingerprint density at radius 1 is 1.19 bits per heavy atom. The van der Waals surface area contributed by atoms with Gasteiger partial charge in [0.05, 0.1) is 15.5 Å². The maximum atomic E-state index is 12.7. The van der Waals surface area contributed by atoms with Crippen LogP contribution in [0.4, 0.5) is 0 Å². The highest BCUT2D eigenvalue weighted by atomic mass is 32.2. The fourth-order valence-electron chi connectivity index (χ4n) is 3.58. The van der Waals surface area contributed by atoms with E-state index in [0.717, 1.165) is 4.90 Å². The number of β-lactam (4-membered cyclic amide) rings is 1. The smallest absolute Gasteiger partial charge is 0.328 e. The van der Waals surface area contributed by atoms with Crippen LogP contribution >= 0.6 is 0 Å². The summed E-state index contributed by atoms with van der Waals surface area (Å²) in [6.07, 6.45) is 0. The third-order valence-electron chi connectivity index (χ3n) is 4.93. The first-order chi connectivity index (χ1) is 12.6. The average molecular weight is 394 g/mol. The van der Waals surface area contributed by atoms with Gasteiger partial charge in [-0.2, -0.15) is 0 Å². The van der Waals surface area contributed by atoms with Crippen LogP contribution in [0.25, 0.3) is 0 Å². The van der Waals surface area contributed by atoms with Crippen molar-refractivity contribution >= 4 is 34.6 Å². The van der Waals surface area contributed by atoms with Gasteiger partial charge in [-0.05, 0) is 19.4 Å². The number of carboxylic acids is 2. The number of carbonyl (C=O) groups is 4. The lowest BCUT2D eigenvalue weighted by atomic mass is 9.94. The summed E-state index contributed by atoms with van der Waals surface area (Å²) in [6, 6.07) is 5.31. The van der Waals surface area contributed by atoms with Crippen molar-refractivity contribution in [2.24, 2.45) is 0 Å². The number of nitrogens with one attached hydrogen (secondary N) is 1. The fourth-order valence-corrected chi connectivity index (χ4v) is 5.50. The quantitative estimate of drug-likeness (QED) is 0.452. The molecule has 1 aromatic rings. The maximum Gasteiger partial charge on any atom is 0.328 e. The van der Waals surface area contributed by atoms with Crippen LogP contribution in [0.3, 0.4) is 0 Å². The molecular weight excluding hydrogens is 376 g/mol. The summed E-state index contributed by atoms with van der Waals surface area (Å²) in [4.78, 5) is 49.0. The predicted octanol–water partition coefficient (Wildman–Crippen LogP) is -0.498. The minimum Gasteiger partial charge on any atom is -0.480 e. The fraction of sp³-hybridized carbons (Fsp3) is 0.412. The van der Waals surface area contributed by atoms with Gasteiger partial charge in [0.15, 0.2) is 5.92 Å². The van der Waals surface area contributed by atoms with Gasteiger partial charge in [0.1, 0.15) is 17.5 Å². The zero-order valence-electron chi connectivity index (χ0n) is 14.5. The summed E-state index contributed by atoms with van der Waals surface area (Å²) in [7, 11) is -1.75. The number of carbonyl (C=O) groups excluding carboxylic acids is 2. The summed E-state index contributed by atoms with van der Waals surface area (Å²) in [5.74, 6) is -5.80. The molecule has 0 saturated carbocycles. The van der Waals surface area contributed by atoms with Gasteiger partial charge in [-0.3, -0.25) is 18.6 Å². The first-order valence-corrected chi connectivity index (χ1v) is 9.34. The van der Waals surface area contributed by atoms with E-state index in [0.29, 0.717) is 0 Å². The summed E-state index contributed by atoms with van der Waals surface area (Å²) >= 11 is 0. The van der Waals surface area contributed by atoms with Crippen LogP contribution in [0.2, 0.25) is 0 Å². The first-order valence-electron chi connectivity index (χ1n) is 8.12. The van der Waals surface area contributed by atoms with Crippen LogP contribution in [0.15, 0.2) is 30.3 Å². The molecular formula is C17H18N2O7S. The largest absolute Gasteiger partial charge is 0.480 e. The Hall–Kier alpha value is -2.75. The zero-order valence-corrected chi connectivity index (χ0v) is 15.3. The molecule has 2 fully saturated rings. The van der Waals surface area contributed by atoms with Gasteiger partial charge in [-0.25, -0.2) is 4.79 Å². The monoisotopic (exact) mass is 394 g/mol. The lowest BCUT2D eigenvalue weighted by molar-refractivity contribution is -0.161. The Bertz CT molecular complexity index is 854. The topological polar surface area (TPSA) is 141 Å². The lowest BCUT2D eigenvalue weighted by Crippen LogP contribution is -2.72. The van der Waals surface area contributed by atoms with E-state index < -0.39 is 62.7 Å². The molecule has 0 unspecified atom stereocenters. The molecule has 2 heterocycles. The molecule has 5 atom stereocenters. The number of rotatable bonds is 5. The predicted molar refractivity (Wildman–Crippen MR) is 93.0 cm³/mol. The summed E-state index contributed by atoms with van der Waals surface area (Å²) in [6.45, 7) is 2.97. The van der Waals surface area contributed by atoms with Crippen molar-refractivity contribution in [3.8, 4) is 0 Å². The Kier molecular flexibility index (Phi) is 4.54. The lowest BCUT2D eigenvalue weighted by Gasteiger charge is -2.43. The molecule has 2 aliphatic heterocycles. The molecule has 144 valence electrons. The summed E-state index contributed by atoms with van der Waals surface area (Å²) in [5, 5.41) is 20.2. The summed E-state index contributed by atoms with van der Waals surface area (Å²) in [5.41, 5.74) is 0.238. The number of fused-ring (bicyclic) bond motifs is 1. The zero-order chi connectivity index (χ0) is 20.1. The van der Waals surface area contributed by atoms with E-state index in [2.05, 4.69) is 5.32 Å². The molecule has 0 aromatic heterocycles. The molecule has 0 bridgehead atoms. The van der Waals surface area contributed by atoms with E-state index in [4.69, 9.17) is 0 Å². The number of benzene rings is 1. The number of hydrogen-bond acceptors (Lipinski definition) is 5. The third-order valence-corrected chi connectivity index (χ3v) is 7.13. The van der Waals surface area contributed by atoms with Gasteiger partial charge in [0.25, 0.3) is 0 Å². The van der Waals surface area contributed by atoms with Crippen LogP contribution < -0.4 is 5.32 Å². The standard InChI is InChI=1S/C17H18N2O7S/c1-17(2)11(16(24)25)19-13(21)10(14(19)27(17)26)18-12(20)9(15(22)23)8-6-4-3-5-7-8/h3-7,9-11,14H,1-2H3,(H,18,20)(H,22,23)(H,24,25)/t9-,10-,11-,14+,27-/m1/s1. The van der Waals surface area contributed by atoms with Gasteiger partial charge < -0.3 is 20.4 Å². The van der Waals surface area contributed by atoms with Gasteiger partial charge in [0, 0.05) is 0 Å². The van der Waals surface area contributed by atoms with Crippen LogP contribution in [-0.4, -0.2) is 65.3 Å². The molecule has 10 heteroatoms. The van der Waals surface area contributed by atoms with Gasteiger partial charge in [0.2, 0.25) is 11.8 Å². The van der Waals surface area contributed by atoms with E-state index in [9.17, 15) is 33.6 Å². The molecule has 9 nitrogen and oxygen atoms in total. The van der Waals surface area contributed by atoms with Crippen molar-refractivity contribution in [3.05, 3.63) is 35.9 Å². The van der Waals surface area contributed by atoms with Crippen molar-refractivity contribution in [2.45, 2.75) is 42.0 Å². The number of carboxylic acid groups (broad SMARTS) is 2. The van der Waals surface area contributed by atoms with E-state index in [1.54, 1.807) is 18.2 Å². The Morgan fingerprint density at radius 2 is 1.78 bits per heavy atom. The molecule has 2 amide bonds. The Balaban J connectivity index is 1.84. The second-order valence-corrected chi connectivity index (χ2v) is 9.08. The van der Waals surface area contributed by atoms with Crippen LogP contribution in [-0.2, 0) is 30.0 Å². The molecule has 0 spiro atoms. The van der Waals surface area contributed by atoms with Crippen LogP contribution in [0.1, 0.15) is 25.3 Å². The van der Waals surface area contributed by atoms with Crippen LogP contribution in [0, 0.1) is 0 Å². The van der Waals surface area contributed by atoms with Crippen molar-refractivity contribution < 1.29 is 33.6 Å². The molecule has 3 rings (SSSR count). The highest BCUT2D eigenvalue weighted by Gasteiger charge is 2.68. The van der Waals surface area contributed by atoms with Crippen molar-refractivity contribution in [1.29, 1.82) is 0 Å². The van der Waals surface area contributed by atoms with E-state index in [1.807, 2.05) is 0 Å². The number of nitrogens with zero attached hydrogens (tertiary/aromatic N) is 1. The van der Waals surface area contributed by atoms with Crippen LogP contribution in [0.5, 0.6) is 0 Å². The maximum absolute atomic E-state index is 12.7. The molecule has 2 aliphatic rings. The SMILES string of the molecule is CC1(C)[C@@H](C(=O)O)N2C(=O)[C@@H](NC(=O)[C@H](C(=O)O)c3ccccc3)[C@@H]2[S@]1=O. The molecule has 3 N–H and O–H groups in total. The van der Waals surface area contributed by atoms with Crippen molar-refractivity contribution in [3.63, 3.8) is 0 Å². The van der Waals surface area contributed by atoms with Gasteiger partial charge in [-0.1, -0.05) is 30.3 Å². The van der Waals surface area contributed by atoms with Gasteiger partial charge in [-0.15, -0.1) is 0 Å². The number of hydrogen-bond donors (Lipinski definition) is 3. The van der Waals surface area contributed by atoms with E-state index in [1.165, 1.54) is 26.0 Å². The second-order valence-electron chi connectivity index (χ2n) is 6.95.